The lowest BCUT2D eigenvalue weighted by Crippen LogP contribution is -2.43. The summed E-state index contributed by atoms with van der Waals surface area (Å²) in [4.78, 5) is 14.5. The third kappa shape index (κ3) is 3.56. The molecule has 1 aromatic carbocycles. The number of Topliss-reactive ketones (excluding diaryl/α,β-unsaturated/α-hetero) is 1. The van der Waals surface area contributed by atoms with Crippen molar-refractivity contribution in [2.24, 2.45) is 5.92 Å². The van der Waals surface area contributed by atoms with Crippen LogP contribution in [0.5, 0.6) is 0 Å². The van der Waals surface area contributed by atoms with Gasteiger partial charge < -0.3 is 0 Å². The summed E-state index contributed by atoms with van der Waals surface area (Å²) in [5.74, 6) is 0.664. The number of rotatable bonds is 5. The maximum Gasteiger partial charge on any atom is 0.179 e. The van der Waals surface area contributed by atoms with Crippen LogP contribution in [-0.2, 0) is 0 Å². The first-order valence-electron chi connectivity index (χ1n) is 6.36. The van der Waals surface area contributed by atoms with Gasteiger partial charge in [-0.25, -0.2) is 0 Å². The molecular formula is C15H22ClNO. The fourth-order valence-electron chi connectivity index (χ4n) is 1.86. The molecule has 0 N–H and O–H groups in total. The van der Waals surface area contributed by atoms with Crippen LogP contribution in [0.4, 0.5) is 0 Å². The molecule has 3 heteroatoms. The molecule has 0 amide bonds. The van der Waals surface area contributed by atoms with Gasteiger partial charge >= 0.3 is 0 Å². The Kier molecular flexibility index (Phi) is 5.36. The highest BCUT2D eigenvalue weighted by atomic mass is 35.5. The SMILES string of the molecule is CC(C)C(C)N(C)C(C)C(=O)c1ccc(Cl)cc1. The van der Waals surface area contributed by atoms with Crippen molar-refractivity contribution in [3.63, 3.8) is 0 Å². The standard InChI is InChI=1S/C15H22ClNO/c1-10(2)11(3)17(5)12(4)15(18)13-6-8-14(16)9-7-13/h6-12H,1-5H3. The molecule has 0 aromatic heterocycles. The Labute approximate surface area is 115 Å². The maximum absolute atomic E-state index is 12.3. The number of likely N-dealkylation sites (N-methyl/N-ethyl adjacent to an activating group) is 1. The van der Waals surface area contributed by atoms with Gasteiger partial charge in [0.05, 0.1) is 6.04 Å². The Bertz CT molecular complexity index is 399. The first-order chi connectivity index (χ1) is 8.34. The zero-order valence-electron chi connectivity index (χ0n) is 11.8. The highest BCUT2D eigenvalue weighted by Gasteiger charge is 2.24. The van der Waals surface area contributed by atoms with Crippen molar-refractivity contribution in [1.82, 2.24) is 4.90 Å². The van der Waals surface area contributed by atoms with E-state index in [2.05, 4.69) is 25.7 Å². The van der Waals surface area contributed by atoms with Crippen molar-refractivity contribution in [2.45, 2.75) is 39.8 Å². The zero-order valence-corrected chi connectivity index (χ0v) is 12.5. The third-order valence-corrected chi connectivity index (χ3v) is 3.98. The summed E-state index contributed by atoms with van der Waals surface area (Å²) in [6, 6.07) is 7.34. The van der Waals surface area contributed by atoms with Gasteiger partial charge in [0.15, 0.2) is 5.78 Å². The number of halogens is 1. The lowest BCUT2D eigenvalue weighted by atomic mass is 9.99. The van der Waals surface area contributed by atoms with E-state index in [9.17, 15) is 4.79 Å². The van der Waals surface area contributed by atoms with E-state index in [4.69, 9.17) is 11.6 Å². The first kappa shape index (κ1) is 15.2. The normalized spacial score (nSPS) is 14.9. The molecule has 18 heavy (non-hydrogen) atoms. The molecule has 0 fully saturated rings. The number of hydrogen-bond donors (Lipinski definition) is 0. The lowest BCUT2D eigenvalue weighted by Gasteiger charge is -2.32. The van der Waals surface area contributed by atoms with Crippen LogP contribution in [0.25, 0.3) is 0 Å². The number of carbonyl (C=O) groups excluding carboxylic acids is 1. The molecule has 0 aliphatic rings. The second kappa shape index (κ2) is 6.35. The number of benzene rings is 1. The summed E-state index contributed by atoms with van der Waals surface area (Å²) in [6.45, 7) is 8.44. The average Bonchev–Trinajstić information content (AvgIpc) is 2.36. The summed E-state index contributed by atoms with van der Waals surface area (Å²) in [6.07, 6.45) is 0. The van der Waals surface area contributed by atoms with Crippen molar-refractivity contribution in [3.05, 3.63) is 34.9 Å². The van der Waals surface area contributed by atoms with Gasteiger partial charge in [0, 0.05) is 16.6 Å². The molecule has 1 aromatic rings. The van der Waals surface area contributed by atoms with Crippen molar-refractivity contribution in [3.8, 4) is 0 Å². The molecule has 0 saturated carbocycles. The number of nitrogens with zero attached hydrogens (tertiary/aromatic N) is 1. The summed E-state index contributed by atoms with van der Waals surface area (Å²) < 4.78 is 0. The maximum atomic E-state index is 12.3. The van der Waals surface area contributed by atoms with Crippen LogP contribution in [0, 0.1) is 5.92 Å². The van der Waals surface area contributed by atoms with E-state index in [1.807, 2.05) is 14.0 Å². The van der Waals surface area contributed by atoms with Gasteiger partial charge in [-0.1, -0.05) is 25.4 Å². The van der Waals surface area contributed by atoms with E-state index in [-0.39, 0.29) is 11.8 Å². The minimum absolute atomic E-state index is 0.122. The topological polar surface area (TPSA) is 20.3 Å². The van der Waals surface area contributed by atoms with E-state index >= 15 is 0 Å². The van der Waals surface area contributed by atoms with Crippen molar-refractivity contribution in [2.75, 3.05) is 7.05 Å². The fraction of sp³-hybridized carbons (Fsp3) is 0.533. The van der Waals surface area contributed by atoms with Crippen LogP contribution in [0.3, 0.4) is 0 Å². The summed E-state index contributed by atoms with van der Waals surface area (Å²) in [7, 11) is 2.00. The molecule has 2 nitrogen and oxygen atoms in total. The third-order valence-electron chi connectivity index (χ3n) is 3.73. The van der Waals surface area contributed by atoms with Crippen LogP contribution in [0.2, 0.25) is 5.02 Å². The molecule has 1 rings (SSSR count). The predicted octanol–water partition coefficient (Wildman–Crippen LogP) is 3.89. The summed E-state index contributed by atoms with van der Waals surface area (Å²) >= 11 is 5.83. The van der Waals surface area contributed by atoms with Gasteiger partial charge in [-0.15, -0.1) is 0 Å². The minimum Gasteiger partial charge on any atom is -0.294 e. The van der Waals surface area contributed by atoms with Gasteiger partial charge in [-0.3, -0.25) is 9.69 Å². The minimum atomic E-state index is -0.122. The van der Waals surface area contributed by atoms with Gasteiger partial charge in [-0.05, 0) is 51.1 Å². The largest absolute Gasteiger partial charge is 0.294 e. The molecule has 0 heterocycles. The summed E-state index contributed by atoms with van der Waals surface area (Å²) in [5.41, 5.74) is 0.717. The molecule has 0 aliphatic carbocycles. The van der Waals surface area contributed by atoms with Crippen LogP contribution < -0.4 is 0 Å². The lowest BCUT2D eigenvalue weighted by molar-refractivity contribution is 0.0791. The monoisotopic (exact) mass is 267 g/mol. The molecular weight excluding hydrogens is 246 g/mol. The average molecular weight is 268 g/mol. The quantitative estimate of drug-likeness (QED) is 0.755. The van der Waals surface area contributed by atoms with E-state index in [1.165, 1.54) is 0 Å². The molecule has 0 bridgehead atoms. The van der Waals surface area contributed by atoms with Gasteiger partial charge in [0.2, 0.25) is 0 Å². The Morgan fingerprint density at radius 1 is 1.11 bits per heavy atom. The van der Waals surface area contributed by atoms with Crippen LogP contribution in [0.15, 0.2) is 24.3 Å². The number of hydrogen-bond acceptors (Lipinski definition) is 2. The second-order valence-electron chi connectivity index (χ2n) is 5.20. The van der Waals surface area contributed by atoms with E-state index in [0.29, 0.717) is 17.0 Å². The Morgan fingerprint density at radius 2 is 1.61 bits per heavy atom. The fourth-order valence-corrected chi connectivity index (χ4v) is 1.99. The second-order valence-corrected chi connectivity index (χ2v) is 5.63. The molecule has 0 saturated heterocycles. The molecule has 100 valence electrons. The smallest absolute Gasteiger partial charge is 0.179 e. The van der Waals surface area contributed by atoms with E-state index in [1.54, 1.807) is 24.3 Å². The van der Waals surface area contributed by atoms with Crippen LogP contribution in [0.1, 0.15) is 38.1 Å². The number of ketones is 1. The van der Waals surface area contributed by atoms with E-state index < -0.39 is 0 Å². The predicted molar refractivity (Wildman–Crippen MR) is 77.3 cm³/mol. The first-order valence-corrected chi connectivity index (χ1v) is 6.74. The molecule has 0 radical (unpaired) electrons. The highest BCUT2D eigenvalue weighted by molar-refractivity contribution is 6.30. The zero-order chi connectivity index (χ0) is 13.9. The number of carbonyl (C=O) groups is 1. The summed E-state index contributed by atoms with van der Waals surface area (Å²) in [5, 5.41) is 0.656. The van der Waals surface area contributed by atoms with Gasteiger partial charge in [-0.2, -0.15) is 0 Å². The van der Waals surface area contributed by atoms with Gasteiger partial charge in [0.1, 0.15) is 0 Å². The Hall–Kier alpha value is -0.860. The van der Waals surface area contributed by atoms with Crippen LogP contribution >= 0.6 is 11.6 Å². The molecule has 0 spiro atoms. The highest BCUT2D eigenvalue weighted by Crippen LogP contribution is 2.16. The van der Waals surface area contributed by atoms with Gasteiger partial charge in [0.25, 0.3) is 0 Å². The molecule has 0 aliphatic heterocycles. The van der Waals surface area contributed by atoms with Crippen LogP contribution in [-0.4, -0.2) is 29.8 Å². The Balaban J connectivity index is 2.80. The Morgan fingerprint density at radius 3 is 2.06 bits per heavy atom. The van der Waals surface area contributed by atoms with Crippen molar-refractivity contribution < 1.29 is 4.79 Å². The molecule has 2 atom stereocenters. The molecule has 2 unspecified atom stereocenters. The van der Waals surface area contributed by atoms with Crippen molar-refractivity contribution in [1.29, 1.82) is 0 Å². The van der Waals surface area contributed by atoms with Crippen molar-refractivity contribution >= 4 is 17.4 Å². The van der Waals surface area contributed by atoms with E-state index in [0.717, 1.165) is 5.56 Å².